The summed E-state index contributed by atoms with van der Waals surface area (Å²) < 4.78 is 2.60. The molecule has 1 saturated carbocycles. The molecule has 1 amide bonds. The van der Waals surface area contributed by atoms with Crippen molar-refractivity contribution in [3.05, 3.63) is 54.6 Å². The van der Waals surface area contributed by atoms with Crippen LogP contribution in [0.3, 0.4) is 0 Å². The summed E-state index contributed by atoms with van der Waals surface area (Å²) >= 11 is 0. The lowest BCUT2D eigenvalue weighted by molar-refractivity contribution is -0.122. The lowest BCUT2D eigenvalue weighted by Gasteiger charge is -2.44. The number of fused-ring (bicyclic) bond motifs is 1. The highest BCUT2D eigenvalue weighted by molar-refractivity contribution is 5.71. The highest BCUT2D eigenvalue weighted by Gasteiger charge is 2.43. The van der Waals surface area contributed by atoms with E-state index in [4.69, 9.17) is 0 Å². The van der Waals surface area contributed by atoms with E-state index in [1.54, 1.807) is 6.33 Å². The van der Waals surface area contributed by atoms with E-state index in [2.05, 4.69) is 52.6 Å². The quantitative estimate of drug-likeness (QED) is 0.419. The lowest BCUT2D eigenvalue weighted by atomic mass is 9.90. The summed E-state index contributed by atoms with van der Waals surface area (Å²) in [5, 5.41) is 0. The molecule has 5 heteroatoms. The van der Waals surface area contributed by atoms with E-state index in [0.29, 0.717) is 10.5 Å². The fraction of sp³-hybridized carbons (Fsp3) is 0.458. The van der Waals surface area contributed by atoms with E-state index < -0.39 is 0 Å². The second-order valence-electron chi connectivity index (χ2n) is 8.42. The molecule has 29 heavy (non-hydrogen) atoms. The minimum atomic E-state index is 0.286. The Kier molecular flexibility index (Phi) is 5.76. The molecule has 0 spiro atoms. The van der Waals surface area contributed by atoms with Crippen molar-refractivity contribution in [3.8, 4) is 11.4 Å². The molecule has 1 aliphatic carbocycles. The van der Waals surface area contributed by atoms with E-state index in [1.165, 1.54) is 31.2 Å². The number of hydrogen-bond donors (Lipinski definition) is 0. The van der Waals surface area contributed by atoms with Gasteiger partial charge in [0.15, 0.2) is 0 Å². The monoisotopic (exact) mass is 391 g/mol. The largest absolute Gasteiger partial charge is 0.348 e. The molecule has 1 aromatic rings. The Bertz CT molecular complexity index is 913. The molecule has 2 heterocycles. The molecular formula is C24H31N4O+. The summed E-state index contributed by atoms with van der Waals surface area (Å²) in [6.45, 7) is 5.19. The van der Waals surface area contributed by atoms with Gasteiger partial charge in [0, 0.05) is 31.8 Å². The average molecular weight is 392 g/mol. The van der Waals surface area contributed by atoms with Gasteiger partial charge in [0.2, 0.25) is 0 Å². The first-order chi connectivity index (χ1) is 14.2. The standard InChI is InChI=1S/C24H31N4O/c1-3-19(2)28(18-29,21-7-5-4-6-8-21)22-11-9-20(10-12-22)15-27-14-13-23-24(16-27)26-17-25-23/h9-14,16-19,21H,3-8,15H2,1-2H3/q+1. The SMILES string of the molecule is CCC(C)[N+](C=O)(c1ccc(Cn2ccc3ncnc-3c2)cc1)C1CCCCC1. The van der Waals surface area contributed by atoms with Gasteiger partial charge in [0.25, 0.3) is 0 Å². The van der Waals surface area contributed by atoms with Crippen molar-refractivity contribution in [2.24, 2.45) is 0 Å². The summed E-state index contributed by atoms with van der Waals surface area (Å²) in [6, 6.07) is 11.4. The molecule has 5 nitrogen and oxygen atoms in total. The molecule has 0 saturated heterocycles. The molecule has 152 valence electrons. The predicted molar refractivity (Wildman–Crippen MR) is 117 cm³/mol. The van der Waals surface area contributed by atoms with Gasteiger partial charge < -0.3 is 4.57 Å². The molecule has 0 bridgehead atoms. The Balaban J connectivity index is 1.61. The Morgan fingerprint density at radius 2 is 1.83 bits per heavy atom. The van der Waals surface area contributed by atoms with Gasteiger partial charge in [0.05, 0.1) is 11.7 Å². The third-order valence-corrected chi connectivity index (χ3v) is 6.79. The second kappa shape index (κ2) is 8.46. The smallest absolute Gasteiger partial charge is 0.307 e. The van der Waals surface area contributed by atoms with Gasteiger partial charge >= 0.3 is 6.41 Å². The number of amides is 1. The van der Waals surface area contributed by atoms with Crippen LogP contribution in [0.15, 0.2) is 49.1 Å². The number of rotatable bonds is 7. The van der Waals surface area contributed by atoms with Crippen LogP contribution in [0.1, 0.15) is 57.9 Å². The molecule has 0 N–H and O–H groups in total. The number of pyridine rings is 1. The highest BCUT2D eigenvalue weighted by atomic mass is 16.1. The van der Waals surface area contributed by atoms with Crippen LogP contribution < -0.4 is 4.48 Å². The zero-order valence-electron chi connectivity index (χ0n) is 17.5. The Labute approximate surface area is 173 Å². The predicted octanol–water partition coefficient (Wildman–Crippen LogP) is 5.03. The number of aromatic nitrogens is 3. The van der Waals surface area contributed by atoms with E-state index in [-0.39, 0.29) is 6.04 Å². The summed E-state index contributed by atoms with van der Waals surface area (Å²) in [5.74, 6) is 0. The highest BCUT2D eigenvalue weighted by Crippen LogP contribution is 2.36. The van der Waals surface area contributed by atoms with Crippen molar-refractivity contribution in [3.63, 3.8) is 0 Å². The van der Waals surface area contributed by atoms with Crippen LogP contribution in [0.5, 0.6) is 0 Å². The fourth-order valence-electron chi connectivity index (χ4n) is 4.93. The Morgan fingerprint density at radius 3 is 2.52 bits per heavy atom. The second-order valence-corrected chi connectivity index (χ2v) is 8.42. The number of quaternary nitrogens is 1. The van der Waals surface area contributed by atoms with Gasteiger partial charge in [-0.1, -0.05) is 25.5 Å². The Hall–Kier alpha value is -2.53. The van der Waals surface area contributed by atoms with Gasteiger partial charge in [-0.2, -0.15) is 0 Å². The van der Waals surface area contributed by atoms with Gasteiger partial charge in [-0.25, -0.2) is 19.2 Å². The average Bonchev–Trinajstić information content (AvgIpc) is 3.24. The van der Waals surface area contributed by atoms with Crippen LogP contribution in [0.2, 0.25) is 0 Å². The molecule has 1 fully saturated rings. The number of carbonyl (C=O) groups excluding carboxylic acids is 1. The number of carbonyl (C=O) groups is 1. The van der Waals surface area contributed by atoms with Crippen molar-refractivity contribution in [1.82, 2.24) is 19.0 Å². The fourth-order valence-corrected chi connectivity index (χ4v) is 4.93. The van der Waals surface area contributed by atoms with Gasteiger partial charge in [-0.3, -0.25) is 0 Å². The van der Waals surface area contributed by atoms with Gasteiger partial charge in [-0.05, 0) is 49.9 Å². The number of benzene rings is 1. The molecule has 4 rings (SSSR count). The topological polar surface area (TPSA) is 47.8 Å². The molecule has 2 aliphatic heterocycles. The van der Waals surface area contributed by atoms with Crippen LogP contribution >= 0.6 is 0 Å². The maximum Gasteiger partial charge on any atom is 0.307 e. The zero-order chi connectivity index (χ0) is 20.3. The number of imidazole rings is 1. The van der Waals surface area contributed by atoms with Gasteiger partial charge in [0.1, 0.15) is 23.8 Å². The molecule has 0 aromatic heterocycles. The molecule has 0 radical (unpaired) electrons. The van der Waals surface area contributed by atoms with E-state index in [1.807, 2.05) is 18.5 Å². The summed E-state index contributed by atoms with van der Waals surface area (Å²) in [5.41, 5.74) is 4.18. The number of hydrogen-bond acceptors (Lipinski definition) is 3. The summed E-state index contributed by atoms with van der Waals surface area (Å²) in [7, 11) is 0. The molecular weight excluding hydrogens is 360 g/mol. The first kappa shape index (κ1) is 19.8. The van der Waals surface area contributed by atoms with E-state index in [0.717, 1.165) is 42.9 Å². The minimum absolute atomic E-state index is 0.286. The van der Waals surface area contributed by atoms with Crippen molar-refractivity contribution < 1.29 is 4.79 Å². The van der Waals surface area contributed by atoms with Crippen LogP contribution in [0.4, 0.5) is 5.69 Å². The summed E-state index contributed by atoms with van der Waals surface area (Å²) in [4.78, 5) is 21.1. The summed E-state index contributed by atoms with van der Waals surface area (Å²) in [6.07, 6.45) is 13.9. The van der Waals surface area contributed by atoms with Crippen molar-refractivity contribution in [2.75, 3.05) is 0 Å². The van der Waals surface area contributed by atoms with Crippen LogP contribution in [0.25, 0.3) is 11.4 Å². The molecule has 3 aliphatic rings. The molecule has 1 aromatic carbocycles. The normalized spacial score (nSPS) is 18.4. The first-order valence-corrected chi connectivity index (χ1v) is 10.9. The Morgan fingerprint density at radius 1 is 1.10 bits per heavy atom. The third-order valence-electron chi connectivity index (χ3n) is 6.79. The van der Waals surface area contributed by atoms with E-state index >= 15 is 0 Å². The number of nitrogens with zero attached hydrogens (tertiary/aromatic N) is 4. The van der Waals surface area contributed by atoms with Crippen molar-refractivity contribution in [2.45, 2.75) is 71.0 Å². The van der Waals surface area contributed by atoms with Crippen LogP contribution in [-0.4, -0.2) is 33.0 Å². The van der Waals surface area contributed by atoms with Crippen molar-refractivity contribution >= 4 is 12.1 Å². The maximum absolute atomic E-state index is 12.6. The zero-order valence-corrected chi connectivity index (χ0v) is 17.5. The lowest BCUT2D eigenvalue weighted by Crippen LogP contribution is -2.61. The van der Waals surface area contributed by atoms with Crippen molar-refractivity contribution in [1.29, 1.82) is 0 Å². The molecule has 2 unspecified atom stereocenters. The van der Waals surface area contributed by atoms with E-state index in [9.17, 15) is 4.79 Å². The van der Waals surface area contributed by atoms with Gasteiger partial charge in [-0.15, -0.1) is 0 Å². The minimum Gasteiger partial charge on any atom is -0.348 e. The first-order valence-electron chi connectivity index (χ1n) is 10.9. The molecule has 2 atom stereocenters. The maximum atomic E-state index is 12.6. The van der Waals surface area contributed by atoms with Crippen LogP contribution in [-0.2, 0) is 11.3 Å². The van der Waals surface area contributed by atoms with Crippen LogP contribution in [0, 0.1) is 0 Å². The third kappa shape index (κ3) is 3.71.